The van der Waals surface area contributed by atoms with E-state index in [1.165, 1.54) is 64.4 Å². The molecule has 4 nitrogen and oxygen atoms in total. The average Bonchev–Trinajstić information content (AvgIpc) is 3.92. The number of anilines is 6. The minimum atomic E-state index is -1.77. The lowest BCUT2D eigenvalue weighted by atomic mass is 9.91. The highest BCUT2D eigenvalue weighted by molar-refractivity contribution is 6.92. The summed E-state index contributed by atoms with van der Waals surface area (Å²) in [6, 6.07) is 64.2. The van der Waals surface area contributed by atoms with E-state index < -0.39 is 32.3 Å². The smallest absolute Gasteiger partial charge is 0.159 e. The maximum Gasteiger partial charge on any atom is 0.159 e. The van der Waals surface area contributed by atoms with Crippen LogP contribution in [0.2, 0.25) is 78.6 Å². The summed E-state index contributed by atoms with van der Waals surface area (Å²) in [7, 11) is -7.09. The lowest BCUT2D eigenvalue weighted by Gasteiger charge is -2.32. The lowest BCUT2D eigenvalue weighted by Crippen LogP contribution is -2.45. The van der Waals surface area contributed by atoms with E-state index >= 15 is 0 Å². The summed E-state index contributed by atoms with van der Waals surface area (Å²) >= 11 is 0. The SMILES string of the molecule is C[Si](C)(C)c1cc(N(c2ccc3ccc4c(N(c5cc([Si](C)(C)C)cc([Si](C)(C)C)c5)c5cccc6c5oc5ccccc56)ccc5ccc2c3c54)c2cccc3c2oc2ccccc23)cc([Si](C)(C)C)c1. The first-order chi connectivity index (χ1) is 34.2. The number of fused-ring (bicyclic) bond motifs is 6. The fourth-order valence-electron chi connectivity index (χ4n) is 11.0. The minimum absolute atomic E-state index is 0.897. The zero-order valence-electron chi connectivity index (χ0n) is 43.9. The van der Waals surface area contributed by atoms with E-state index in [-0.39, 0.29) is 0 Å². The molecule has 12 aromatic rings. The first kappa shape index (κ1) is 46.4. The van der Waals surface area contributed by atoms with Gasteiger partial charge in [0, 0.05) is 43.7 Å². The van der Waals surface area contributed by atoms with Crippen LogP contribution < -0.4 is 30.5 Å². The molecule has 0 atom stereocenters. The summed E-state index contributed by atoms with van der Waals surface area (Å²) in [6.07, 6.45) is 0. The quantitative estimate of drug-likeness (QED) is 0.101. The fourth-order valence-corrected chi connectivity index (χ4v) is 16.0. The molecule has 72 heavy (non-hydrogen) atoms. The lowest BCUT2D eigenvalue weighted by molar-refractivity contribution is 0.669. The van der Waals surface area contributed by atoms with E-state index in [0.717, 1.165) is 66.6 Å². The van der Waals surface area contributed by atoms with E-state index in [1.807, 2.05) is 0 Å². The molecule has 0 aliphatic rings. The maximum absolute atomic E-state index is 6.93. The summed E-state index contributed by atoms with van der Waals surface area (Å²) in [4.78, 5) is 5.05. The van der Waals surface area contributed by atoms with Crippen LogP contribution >= 0.6 is 0 Å². The number of rotatable bonds is 10. The largest absolute Gasteiger partial charge is 0.454 e. The van der Waals surface area contributed by atoms with Crippen molar-refractivity contribution in [1.29, 1.82) is 0 Å². The second-order valence-corrected chi connectivity index (χ2v) is 44.6. The molecule has 0 spiro atoms. The van der Waals surface area contributed by atoms with Crippen LogP contribution in [0.15, 0.2) is 179 Å². The molecule has 0 unspecified atom stereocenters. The van der Waals surface area contributed by atoms with Crippen molar-refractivity contribution >= 4 is 163 Å². The van der Waals surface area contributed by atoms with Gasteiger partial charge in [0.1, 0.15) is 11.2 Å². The van der Waals surface area contributed by atoms with E-state index in [0.29, 0.717) is 0 Å². The molecule has 358 valence electrons. The van der Waals surface area contributed by atoms with E-state index in [9.17, 15) is 0 Å². The van der Waals surface area contributed by atoms with Crippen LogP contribution in [-0.4, -0.2) is 32.3 Å². The highest BCUT2D eigenvalue weighted by Crippen LogP contribution is 2.50. The molecule has 0 N–H and O–H groups in total. The molecule has 0 saturated heterocycles. The molecular weight excluding hydrogens is 941 g/mol. The highest BCUT2D eigenvalue weighted by atomic mass is 28.3. The molecule has 2 heterocycles. The summed E-state index contributed by atoms with van der Waals surface area (Å²) in [5, 5.41) is 17.8. The average molecular weight is 1010 g/mol. The Kier molecular flexibility index (Phi) is 10.6. The topological polar surface area (TPSA) is 32.8 Å². The van der Waals surface area contributed by atoms with Crippen molar-refractivity contribution in [3.05, 3.63) is 170 Å². The maximum atomic E-state index is 6.93. The molecular formula is C64H64N2O2Si4. The third-order valence-corrected chi connectivity index (χ3v) is 23.2. The summed E-state index contributed by atoms with van der Waals surface area (Å²) in [6.45, 7) is 29.7. The van der Waals surface area contributed by atoms with Crippen molar-refractivity contribution in [2.45, 2.75) is 78.6 Å². The van der Waals surface area contributed by atoms with Gasteiger partial charge in [0.05, 0.1) is 55.0 Å². The van der Waals surface area contributed by atoms with Crippen LogP contribution in [0.3, 0.4) is 0 Å². The van der Waals surface area contributed by atoms with Gasteiger partial charge in [-0.15, -0.1) is 0 Å². The summed E-state index contributed by atoms with van der Waals surface area (Å²) in [5.74, 6) is 0. The number of hydrogen-bond acceptors (Lipinski definition) is 4. The van der Waals surface area contributed by atoms with Crippen molar-refractivity contribution in [3.8, 4) is 0 Å². The third kappa shape index (κ3) is 7.64. The highest BCUT2D eigenvalue weighted by Gasteiger charge is 2.31. The van der Waals surface area contributed by atoms with Crippen LogP contribution in [0.5, 0.6) is 0 Å². The fraction of sp³-hybridized carbons (Fsp3) is 0.188. The number of para-hydroxylation sites is 4. The van der Waals surface area contributed by atoms with Crippen molar-refractivity contribution in [3.63, 3.8) is 0 Å². The third-order valence-electron chi connectivity index (χ3n) is 15.2. The summed E-state index contributed by atoms with van der Waals surface area (Å²) in [5.41, 5.74) is 10.3. The van der Waals surface area contributed by atoms with Crippen LogP contribution in [0.25, 0.3) is 76.2 Å². The van der Waals surface area contributed by atoms with Gasteiger partial charge in [0.15, 0.2) is 11.2 Å². The molecule has 0 fully saturated rings. The Morgan fingerprint density at radius 3 is 0.986 bits per heavy atom. The molecule has 0 bridgehead atoms. The van der Waals surface area contributed by atoms with Crippen LogP contribution in [0.4, 0.5) is 34.1 Å². The Morgan fingerprint density at radius 2 is 0.625 bits per heavy atom. The number of benzene rings is 10. The molecule has 2 aromatic heterocycles. The normalized spacial score (nSPS) is 13.0. The zero-order valence-corrected chi connectivity index (χ0v) is 47.9. The van der Waals surface area contributed by atoms with Gasteiger partial charge in [-0.05, 0) is 82.2 Å². The number of furan rings is 2. The van der Waals surface area contributed by atoms with Crippen LogP contribution in [-0.2, 0) is 0 Å². The molecule has 12 rings (SSSR count). The first-order valence-electron chi connectivity index (χ1n) is 25.7. The predicted octanol–water partition coefficient (Wildman–Crippen LogP) is 17.5. The van der Waals surface area contributed by atoms with Gasteiger partial charge in [0.25, 0.3) is 0 Å². The predicted molar refractivity (Wildman–Crippen MR) is 326 cm³/mol. The van der Waals surface area contributed by atoms with Gasteiger partial charge >= 0.3 is 0 Å². The van der Waals surface area contributed by atoms with Crippen molar-refractivity contribution in [1.82, 2.24) is 0 Å². The molecule has 0 saturated carbocycles. The Balaban J connectivity index is 1.17. The first-order valence-corrected chi connectivity index (χ1v) is 39.7. The van der Waals surface area contributed by atoms with Gasteiger partial charge in [-0.2, -0.15) is 0 Å². The van der Waals surface area contributed by atoms with E-state index in [4.69, 9.17) is 8.83 Å². The number of nitrogens with zero attached hydrogens (tertiary/aromatic N) is 2. The van der Waals surface area contributed by atoms with Crippen molar-refractivity contribution in [2.24, 2.45) is 0 Å². The molecule has 8 heteroatoms. The second-order valence-electron chi connectivity index (χ2n) is 24.3. The van der Waals surface area contributed by atoms with Gasteiger partial charge in [-0.3, -0.25) is 0 Å². The van der Waals surface area contributed by atoms with E-state index in [2.05, 4.69) is 258 Å². The monoisotopic (exact) mass is 1000 g/mol. The minimum Gasteiger partial charge on any atom is -0.454 e. The number of hydrogen-bond donors (Lipinski definition) is 0. The van der Waals surface area contributed by atoms with Gasteiger partial charge in [-0.1, -0.05) is 209 Å². The molecule has 0 radical (unpaired) electrons. The zero-order chi connectivity index (χ0) is 50.2. The molecule has 0 aliphatic carbocycles. The summed E-state index contributed by atoms with van der Waals surface area (Å²) < 4.78 is 13.9. The van der Waals surface area contributed by atoms with Crippen LogP contribution in [0, 0.1) is 0 Å². The molecule has 10 aromatic carbocycles. The Bertz CT molecular complexity index is 3790. The van der Waals surface area contributed by atoms with Crippen LogP contribution in [0.1, 0.15) is 0 Å². The second kappa shape index (κ2) is 16.4. The standard InChI is InChI=1S/C64H64N2O2Si4/c1-69(2,3)45-35-43(36-46(39-45)70(4,5)6)65(57-23-17-21-51-49-19-13-15-25-59(49)67-63(51)57)55-33-29-41-28-32-54-56(34-30-42-27-31-53(55)61(41)62(42)54)66(44-37-47(71(7,8)9)40-48(38-44)72(10,11)12)58-24-18-22-52-50-20-14-16-26-60(50)68-64(52)58/h13-40H,1-12H3. The Labute approximate surface area is 427 Å². The Hall–Kier alpha value is -6.69. The van der Waals surface area contributed by atoms with Gasteiger partial charge in [0.2, 0.25) is 0 Å². The van der Waals surface area contributed by atoms with Gasteiger partial charge < -0.3 is 18.6 Å². The molecule has 0 amide bonds. The Morgan fingerprint density at radius 1 is 0.292 bits per heavy atom. The van der Waals surface area contributed by atoms with Gasteiger partial charge in [-0.25, -0.2) is 0 Å². The van der Waals surface area contributed by atoms with E-state index in [1.54, 1.807) is 0 Å². The molecule has 0 aliphatic heterocycles. The van der Waals surface area contributed by atoms with Crippen molar-refractivity contribution < 1.29 is 8.83 Å². The van der Waals surface area contributed by atoms with Crippen molar-refractivity contribution in [2.75, 3.05) is 9.80 Å².